The van der Waals surface area contributed by atoms with Gasteiger partial charge in [0, 0.05) is 37.8 Å². The van der Waals surface area contributed by atoms with Gasteiger partial charge in [0.15, 0.2) is 0 Å². The summed E-state index contributed by atoms with van der Waals surface area (Å²) in [5.74, 6) is 2.71. The monoisotopic (exact) mass is 256 g/mol. The van der Waals surface area contributed by atoms with Crippen LogP contribution in [-0.2, 0) is 20.0 Å². The minimum absolute atomic E-state index is 0.471. The van der Waals surface area contributed by atoms with E-state index < -0.39 is 0 Å². The maximum atomic E-state index is 4.82. The van der Waals surface area contributed by atoms with E-state index in [1.807, 2.05) is 18.3 Å². The maximum absolute atomic E-state index is 4.82. The standard InChI is InChI=1S/C15H20N4/c1-11(2)15-17-12-10-19(9-7-13(12)18(15)3)14-6-4-5-8-16-14/h4-6,8,11H,7,9-10H2,1-3H3. The molecule has 0 radical (unpaired) electrons. The Balaban J connectivity index is 1.90. The topological polar surface area (TPSA) is 34.0 Å². The first-order valence-electron chi connectivity index (χ1n) is 6.87. The van der Waals surface area contributed by atoms with Gasteiger partial charge in [-0.3, -0.25) is 0 Å². The predicted molar refractivity (Wildman–Crippen MR) is 76.3 cm³/mol. The number of hydrogen-bond acceptors (Lipinski definition) is 3. The molecular weight excluding hydrogens is 236 g/mol. The zero-order valence-corrected chi connectivity index (χ0v) is 11.8. The van der Waals surface area contributed by atoms with E-state index in [2.05, 4.69) is 41.4 Å². The van der Waals surface area contributed by atoms with Gasteiger partial charge < -0.3 is 9.47 Å². The van der Waals surface area contributed by atoms with E-state index in [4.69, 9.17) is 4.98 Å². The number of rotatable bonds is 2. The minimum Gasteiger partial charge on any atom is -0.350 e. The zero-order valence-electron chi connectivity index (χ0n) is 11.8. The van der Waals surface area contributed by atoms with Crippen LogP contribution >= 0.6 is 0 Å². The molecule has 0 bridgehead atoms. The second kappa shape index (κ2) is 4.68. The Morgan fingerprint density at radius 1 is 1.26 bits per heavy atom. The summed E-state index contributed by atoms with van der Waals surface area (Å²) < 4.78 is 2.27. The van der Waals surface area contributed by atoms with Gasteiger partial charge in [-0.25, -0.2) is 9.97 Å². The third kappa shape index (κ3) is 2.11. The first kappa shape index (κ1) is 12.2. The van der Waals surface area contributed by atoms with Gasteiger partial charge in [-0.2, -0.15) is 0 Å². The third-order valence-corrected chi connectivity index (χ3v) is 3.78. The highest BCUT2D eigenvalue weighted by atomic mass is 15.2. The van der Waals surface area contributed by atoms with Gasteiger partial charge in [0.1, 0.15) is 11.6 Å². The average Bonchev–Trinajstić information content (AvgIpc) is 2.77. The molecule has 1 aliphatic heterocycles. The molecule has 4 heteroatoms. The van der Waals surface area contributed by atoms with Crippen molar-refractivity contribution in [2.24, 2.45) is 7.05 Å². The molecule has 0 N–H and O–H groups in total. The van der Waals surface area contributed by atoms with Crippen LogP contribution in [0, 0.1) is 0 Å². The van der Waals surface area contributed by atoms with Crippen LogP contribution in [0.3, 0.4) is 0 Å². The lowest BCUT2D eigenvalue weighted by Gasteiger charge is -2.27. The molecule has 0 fully saturated rings. The number of pyridine rings is 1. The first-order valence-corrected chi connectivity index (χ1v) is 6.87. The van der Waals surface area contributed by atoms with E-state index in [0.29, 0.717) is 5.92 Å². The number of fused-ring (bicyclic) bond motifs is 1. The van der Waals surface area contributed by atoms with Gasteiger partial charge in [-0.15, -0.1) is 0 Å². The fourth-order valence-electron chi connectivity index (χ4n) is 2.80. The quantitative estimate of drug-likeness (QED) is 0.828. The molecule has 3 heterocycles. The summed E-state index contributed by atoms with van der Waals surface area (Å²) in [7, 11) is 2.14. The smallest absolute Gasteiger partial charge is 0.128 e. The highest BCUT2D eigenvalue weighted by molar-refractivity contribution is 5.41. The molecule has 4 nitrogen and oxygen atoms in total. The van der Waals surface area contributed by atoms with E-state index in [-0.39, 0.29) is 0 Å². The van der Waals surface area contributed by atoms with Crippen molar-refractivity contribution in [2.45, 2.75) is 32.7 Å². The number of anilines is 1. The van der Waals surface area contributed by atoms with Crippen LogP contribution in [0.1, 0.15) is 37.0 Å². The molecule has 0 saturated heterocycles. The lowest BCUT2D eigenvalue weighted by atomic mass is 10.1. The van der Waals surface area contributed by atoms with Gasteiger partial charge in [-0.05, 0) is 12.1 Å². The summed E-state index contributed by atoms with van der Waals surface area (Å²) >= 11 is 0. The van der Waals surface area contributed by atoms with Gasteiger partial charge in [-0.1, -0.05) is 19.9 Å². The molecule has 0 spiro atoms. The van der Waals surface area contributed by atoms with Crippen molar-refractivity contribution in [3.63, 3.8) is 0 Å². The second-order valence-corrected chi connectivity index (χ2v) is 5.44. The van der Waals surface area contributed by atoms with Crippen LogP contribution in [-0.4, -0.2) is 21.1 Å². The molecule has 0 unspecified atom stereocenters. The summed E-state index contributed by atoms with van der Waals surface area (Å²) in [5, 5.41) is 0. The Hall–Kier alpha value is -1.84. The Kier molecular flexibility index (Phi) is 3.01. The van der Waals surface area contributed by atoms with E-state index in [1.54, 1.807) is 0 Å². The number of aromatic nitrogens is 3. The normalized spacial score (nSPS) is 14.8. The second-order valence-electron chi connectivity index (χ2n) is 5.44. The van der Waals surface area contributed by atoms with Crippen molar-refractivity contribution in [3.05, 3.63) is 41.6 Å². The molecular formula is C15H20N4. The Morgan fingerprint density at radius 2 is 2.11 bits per heavy atom. The van der Waals surface area contributed by atoms with E-state index >= 15 is 0 Å². The highest BCUT2D eigenvalue weighted by Crippen LogP contribution is 2.25. The highest BCUT2D eigenvalue weighted by Gasteiger charge is 2.23. The van der Waals surface area contributed by atoms with Crippen molar-refractivity contribution in [1.29, 1.82) is 0 Å². The Bertz CT molecular complexity index is 571. The fourth-order valence-corrected chi connectivity index (χ4v) is 2.80. The summed E-state index contributed by atoms with van der Waals surface area (Å²) in [4.78, 5) is 11.6. The molecule has 3 rings (SSSR count). The van der Waals surface area contributed by atoms with E-state index in [9.17, 15) is 0 Å². The summed E-state index contributed by atoms with van der Waals surface area (Å²) in [6.45, 7) is 6.28. The summed E-state index contributed by atoms with van der Waals surface area (Å²) in [5.41, 5.74) is 2.60. The van der Waals surface area contributed by atoms with Crippen molar-refractivity contribution in [2.75, 3.05) is 11.4 Å². The predicted octanol–water partition coefficient (Wildman–Crippen LogP) is 2.50. The van der Waals surface area contributed by atoms with Crippen LogP contribution in [0.15, 0.2) is 24.4 Å². The van der Waals surface area contributed by atoms with Crippen molar-refractivity contribution in [1.82, 2.24) is 14.5 Å². The summed E-state index contributed by atoms with van der Waals surface area (Å²) in [6, 6.07) is 6.06. The third-order valence-electron chi connectivity index (χ3n) is 3.78. The van der Waals surface area contributed by atoms with Gasteiger partial charge >= 0.3 is 0 Å². The molecule has 0 aliphatic carbocycles. The molecule has 0 amide bonds. The molecule has 19 heavy (non-hydrogen) atoms. The average molecular weight is 256 g/mol. The Morgan fingerprint density at radius 3 is 2.79 bits per heavy atom. The van der Waals surface area contributed by atoms with Crippen molar-refractivity contribution >= 4 is 5.82 Å². The summed E-state index contributed by atoms with van der Waals surface area (Å²) in [6.07, 6.45) is 2.89. The maximum Gasteiger partial charge on any atom is 0.128 e. The van der Waals surface area contributed by atoms with E-state index in [0.717, 1.165) is 25.3 Å². The van der Waals surface area contributed by atoms with E-state index in [1.165, 1.54) is 17.2 Å². The number of hydrogen-bond donors (Lipinski definition) is 0. The lowest BCUT2D eigenvalue weighted by molar-refractivity contribution is 0.659. The fraction of sp³-hybridized carbons (Fsp3) is 0.467. The largest absolute Gasteiger partial charge is 0.350 e. The zero-order chi connectivity index (χ0) is 13.4. The number of nitrogens with zero attached hydrogens (tertiary/aromatic N) is 4. The SMILES string of the molecule is CC(C)c1nc2c(n1C)CCN(c1ccccn1)C2. The van der Waals surface area contributed by atoms with Crippen LogP contribution in [0.2, 0.25) is 0 Å². The van der Waals surface area contributed by atoms with Crippen molar-refractivity contribution < 1.29 is 0 Å². The van der Waals surface area contributed by atoms with Crippen LogP contribution < -0.4 is 4.90 Å². The molecule has 0 saturated carbocycles. The molecule has 1 aliphatic rings. The van der Waals surface area contributed by atoms with Gasteiger partial charge in [0.2, 0.25) is 0 Å². The molecule has 100 valence electrons. The molecule has 0 aromatic carbocycles. The van der Waals surface area contributed by atoms with Crippen LogP contribution in [0.4, 0.5) is 5.82 Å². The van der Waals surface area contributed by atoms with Crippen LogP contribution in [0.25, 0.3) is 0 Å². The van der Waals surface area contributed by atoms with Crippen molar-refractivity contribution in [3.8, 4) is 0 Å². The minimum atomic E-state index is 0.471. The first-order chi connectivity index (χ1) is 9.16. The van der Waals surface area contributed by atoms with Gasteiger partial charge in [0.05, 0.1) is 12.2 Å². The molecule has 2 aromatic heterocycles. The number of imidazole rings is 1. The van der Waals surface area contributed by atoms with Crippen LogP contribution in [0.5, 0.6) is 0 Å². The molecule has 2 aromatic rings. The lowest BCUT2D eigenvalue weighted by Crippen LogP contribution is -2.31. The Labute approximate surface area is 114 Å². The molecule has 0 atom stereocenters. The van der Waals surface area contributed by atoms with Gasteiger partial charge in [0.25, 0.3) is 0 Å².